The molecule has 0 spiro atoms. The van der Waals surface area contributed by atoms with E-state index in [9.17, 15) is 5.21 Å². The molecule has 0 radical (unpaired) electrons. The molecule has 0 saturated heterocycles. The maximum Gasteiger partial charge on any atom is 0.182 e. The second-order valence-corrected chi connectivity index (χ2v) is 5.70. The highest BCUT2D eigenvalue weighted by atomic mass is 16.5. The Morgan fingerprint density at radius 2 is 1.67 bits per heavy atom. The van der Waals surface area contributed by atoms with E-state index in [1.165, 1.54) is 0 Å². The van der Waals surface area contributed by atoms with Crippen molar-refractivity contribution in [2.75, 3.05) is 7.11 Å². The lowest BCUT2D eigenvalue weighted by Gasteiger charge is -2.24. The number of nitrogens with zero attached hydrogens (tertiary/aromatic N) is 1. The average molecular weight is 283 g/mol. The Morgan fingerprint density at radius 3 is 2.24 bits per heavy atom. The van der Waals surface area contributed by atoms with Crippen LogP contribution in [0.2, 0.25) is 0 Å². The number of ether oxygens (including phenoxy) is 1. The number of hydrogen-bond acceptors (Lipinski definition) is 2. The Hall–Kier alpha value is -2.29. The molecule has 0 aliphatic heterocycles. The molecule has 0 aliphatic rings. The highest BCUT2D eigenvalue weighted by molar-refractivity contribution is 5.76. The van der Waals surface area contributed by atoms with Gasteiger partial charge in [-0.3, -0.25) is 0 Å². The predicted octanol–water partition coefficient (Wildman–Crippen LogP) is 3.65. The highest BCUT2D eigenvalue weighted by Gasteiger charge is 2.26. The molecule has 2 rings (SSSR count). The first-order chi connectivity index (χ1) is 10.0. The quantitative estimate of drug-likeness (QED) is 0.363. The number of benzene rings is 2. The molecule has 110 valence electrons. The van der Waals surface area contributed by atoms with Gasteiger partial charge in [-0.1, -0.05) is 30.3 Å². The van der Waals surface area contributed by atoms with Gasteiger partial charge in [0.05, 0.1) is 7.11 Å². The van der Waals surface area contributed by atoms with E-state index in [1.54, 1.807) is 13.3 Å². The molecule has 0 amide bonds. The van der Waals surface area contributed by atoms with Crippen LogP contribution in [0.25, 0.3) is 0 Å². The fourth-order valence-corrected chi connectivity index (χ4v) is 2.17. The maximum absolute atomic E-state index is 12.4. The standard InChI is InChI=1S/C18H21NO2/c1-18(2,13-15-7-5-4-6-8-15)19(20)14-16-9-11-17(21-3)12-10-16/h4-12,14H,13H2,1-3H3. The van der Waals surface area contributed by atoms with Crippen LogP contribution >= 0.6 is 0 Å². The van der Waals surface area contributed by atoms with Crippen molar-refractivity contribution in [2.24, 2.45) is 0 Å². The largest absolute Gasteiger partial charge is 0.623 e. The van der Waals surface area contributed by atoms with Gasteiger partial charge in [-0.25, -0.2) is 4.74 Å². The van der Waals surface area contributed by atoms with E-state index >= 15 is 0 Å². The molecular formula is C18H21NO2. The monoisotopic (exact) mass is 283 g/mol. The summed E-state index contributed by atoms with van der Waals surface area (Å²) in [5.41, 5.74) is 1.53. The maximum atomic E-state index is 12.4. The molecule has 0 fully saturated rings. The van der Waals surface area contributed by atoms with Crippen molar-refractivity contribution in [2.45, 2.75) is 25.8 Å². The first kappa shape index (κ1) is 15.1. The molecular weight excluding hydrogens is 262 g/mol. The lowest BCUT2D eigenvalue weighted by Crippen LogP contribution is -2.35. The van der Waals surface area contributed by atoms with Gasteiger partial charge in [-0.15, -0.1) is 0 Å². The van der Waals surface area contributed by atoms with Gasteiger partial charge in [-0.2, -0.15) is 0 Å². The van der Waals surface area contributed by atoms with E-state index in [0.717, 1.165) is 21.6 Å². The Labute approximate surface area is 126 Å². The van der Waals surface area contributed by atoms with E-state index in [0.29, 0.717) is 6.42 Å². The smallest absolute Gasteiger partial charge is 0.182 e. The topological polar surface area (TPSA) is 35.3 Å². The summed E-state index contributed by atoms with van der Waals surface area (Å²) in [4.78, 5) is 0. The number of rotatable bonds is 5. The van der Waals surface area contributed by atoms with Crippen LogP contribution in [0, 0.1) is 5.21 Å². The SMILES string of the molecule is COc1ccc(C=[N+]([O-])C(C)(C)Cc2ccccc2)cc1. The third-order valence-corrected chi connectivity index (χ3v) is 3.46. The first-order valence-electron chi connectivity index (χ1n) is 7.00. The lowest BCUT2D eigenvalue weighted by atomic mass is 9.95. The zero-order chi connectivity index (χ0) is 15.3. The van der Waals surface area contributed by atoms with Crippen molar-refractivity contribution < 1.29 is 9.48 Å². The van der Waals surface area contributed by atoms with Gasteiger partial charge in [0, 0.05) is 25.8 Å². The normalized spacial score (nSPS) is 12.2. The fourth-order valence-electron chi connectivity index (χ4n) is 2.17. The molecule has 3 heteroatoms. The Balaban J connectivity index is 2.15. The van der Waals surface area contributed by atoms with Crippen LogP contribution in [-0.2, 0) is 6.42 Å². The summed E-state index contributed by atoms with van der Waals surface area (Å²) >= 11 is 0. The summed E-state index contributed by atoms with van der Waals surface area (Å²) in [6, 6.07) is 17.5. The molecule has 0 unspecified atom stereocenters. The minimum absolute atomic E-state index is 0.499. The number of methoxy groups -OCH3 is 1. The van der Waals surface area contributed by atoms with Crippen LogP contribution < -0.4 is 4.74 Å². The summed E-state index contributed by atoms with van der Waals surface area (Å²) in [5, 5.41) is 12.4. The van der Waals surface area contributed by atoms with Gasteiger partial charge in [0.2, 0.25) is 0 Å². The third-order valence-electron chi connectivity index (χ3n) is 3.46. The molecule has 21 heavy (non-hydrogen) atoms. The Kier molecular flexibility index (Phi) is 4.63. The summed E-state index contributed by atoms with van der Waals surface area (Å²) in [5.74, 6) is 0.785. The van der Waals surface area contributed by atoms with Gasteiger partial charge < -0.3 is 9.94 Å². The molecule has 0 aliphatic carbocycles. The summed E-state index contributed by atoms with van der Waals surface area (Å²) < 4.78 is 6.14. The van der Waals surface area contributed by atoms with Gasteiger partial charge in [0.1, 0.15) is 5.75 Å². The van der Waals surface area contributed by atoms with Gasteiger partial charge in [0.25, 0.3) is 0 Å². The highest BCUT2D eigenvalue weighted by Crippen LogP contribution is 2.17. The minimum atomic E-state index is -0.499. The van der Waals surface area contributed by atoms with Crippen molar-refractivity contribution in [3.05, 3.63) is 70.9 Å². The number of hydroxylamine groups is 1. The molecule has 0 bridgehead atoms. The van der Waals surface area contributed by atoms with Crippen molar-refractivity contribution >= 4 is 6.21 Å². The predicted molar refractivity (Wildman–Crippen MR) is 86.0 cm³/mol. The summed E-state index contributed by atoms with van der Waals surface area (Å²) in [6.07, 6.45) is 2.33. The fraction of sp³-hybridized carbons (Fsp3) is 0.278. The van der Waals surface area contributed by atoms with Gasteiger partial charge in [0.15, 0.2) is 11.8 Å². The third kappa shape index (κ3) is 4.09. The van der Waals surface area contributed by atoms with E-state index in [1.807, 2.05) is 68.4 Å². The van der Waals surface area contributed by atoms with Crippen LogP contribution in [0.15, 0.2) is 54.6 Å². The van der Waals surface area contributed by atoms with Gasteiger partial charge in [-0.05, 0) is 29.8 Å². The van der Waals surface area contributed by atoms with E-state index in [2.05, 4.69) is 0 Å². The van der Waals surface area contributed by atoms with Crippen LogP contribution in [0.3, 0.4) is 0 Å². The van der Waals surface area contributed by atoms with E-state index in [4.69, 9.17) is 4.74 Å². The molecule has 2 aromatic carbocycles. The first-order valence-corrected chi connectivity index (χ1v) is 7.00. The van der Waals surface area contributed by atoms with Crippen LogP contribution in [0.4, 0.5) is 0 Å². The Morgan fingerprint density at radius 1 is 1.05 bits per heavy atom. The van der Waals surface area contributed by atoms with Crippen LogP contribution in [0.1, 0.15) is 25.0 Å². The second-order valence-electron chi connectivity index (χ2n) is 5.70. The number of hydrogen-bond donors (Lipinski definition) is 0. The average Bonchev–Trinajstić information content (AvgIpc) is 2.48. The van der Waals surface area contributed by atoms with E-state index in [-0.39, 0.29) is 0 Å². The minimum Gasteiger partial charge on any atom is -0.623 e. The van der Waals surface area contributed by atoms with Crippen molar-refractivity contribution in [1.29, 1.82) is 0 Å². The molecule has 0 atom stereocenters. The van der Waals surface area contributed by atoms with Crippen molar-refractivity contribution in [3.63, 3.8) is 0 Å². The Bertz CT molecular complexity index is 601. The summed E-state index contributed by atoms with van der Waals surface area (Å²) in [7, 11) is 1.63. The second kappa shape index (κ2) is 6.44. The molecule has 2 aromatic rings. The zero-order valence-corrected chi connectivity index (χ0v) is 12.7. The molecule has 0 saturated carbocycles. The van der Waals surface area contributed by atoms with Crippen LogP contribution in [-0.4, -0.2) is 23.6 Å². The van der Waals surface area contributed by atoms with E-state index < -0.39 is 5.54 Å². The van der Waals surface area contributed by atoms with Gasteiger partial charge >= 0.3 is 0 Å². The van der Waals surface area contributed by atoms with Crippen molar-refractivity contribution in [3.8, 4) is 5.75 Å². The zero-order valence-electron chi connectivity index (χ0n) is 12.7. The van der Waals surface area contributed by atoms with Crippen molar-refractivity contribution in [1.82, 2.24) is 0 Å². The molecule has 0 aromatic heterocycles. The lowest BCUT2D eigenvalue weighted by molar-refractivity contribution is -0.535. The molecule has 0 heterocycles. The van der Waals surface area contributed by atoms with Crippen LogP contribution in [0.5, 0.6) is 5.75 Å². The molecule has 3 nitrogen and oxygen atoms in total. The summed E-state index contributed by atoms with van der Waals surface area (Å²) in [6.45, 7) is 3.90. The molecule has 0 N–H and O–H groups in total.